The van der Waals surface area contributed by atoms with E-state index < -0.39 is 0 Å². The first-order valence-electron chi connectivity index (χ1n) is 7.47. The fourth-order valence-electron chi connectivity index (χ4n) is 2.64. The normalized spacial score (nSPS) is 18.4. The smallest absolute Gasteiger partial charge is 0.222 e. The molecule has 0 saturated carbocycles. The fourth-order valence-corrected chi connectivity index (χ4v) is 2.86. The lowest BCUT2D eigenvalue weighted by Crippen LogP contribution is -2.44. The van der Waals surface area contributed by atoms with E-state index in [4.69, 9.17) is 23.2 Å². The zero-order valence-corrected chi connectivity index (χ0v) is 14.5. The van der Waals surface area contributed by atoms with E-state index in [1.807, 2.05) is 42.2 Å². The number of rotatable bonds is 4. The van der Waals surface area contributed by atoms with Crippen molar-refractivity contribution in [1.82, 2.24) is 14.9 Å². The molecule has 2 atom stereocenters. The SMILES string of the molecule is C[C@@H](CO)N1C(c2cnc(Cl)nc2)=NC=CC1c1ccc(Cl)cc1. The van der Waals surface area contributed by atoms with Crippen LogP contribution in [0.25, 0.3) is 0 Å². The molecule has 1 aliphatic rings. The van der Waals surface area contributed by atoms with Gasteiger partial charge >= 0.3 is 0 Å². The van der Waals surface area contributed by atoms with Gasteiger partial charge in [-0.3, -0.25) is 0 Å². The lowest BCUT2D eigenvalue weighted by molar-refractivity contribution is 0.173. The number of amidine groups is 1. The Morgan fingerprint density at radius 2 is 1.83 bits per heavy atom. The summed E-state index contributed by atoms with van der Waals surface area (Å²) in [6.45, 7) is 1.93. The minimum absolute atomic E-state index is 0.00854. The van der Waals surface area contributed by atoms with Gasteiger partial charge in [0.1, 0.15) is 5.84 Å². The number of nitrogens with zero attached hydrogens (tertiary/aromatic N) is 4. The predicted molar refractivity (Wildman–Crippen MR) is 95.3 cm³/mol. The second kappa shape index (κ2) is 7.30. The molecule has 0 bridgehead atoms. The van der Waals surface area contributed by atoms with Gasteiger partial charge < -0.3 is 10.0 Å². The van der Waals surface area contributed by atoms with Crippen molar-refractivity contribution >= 4 is 29.0 Å². The summed E-state index contributed by atoms with van der Waals surface area (Å²) >= 11 is 11.8. The molecule has 0 amide bonds. The molecule has 1 aromatic heterocycles. The molecule has 5 nitrogen and oxygen atoms in total. The topological polar surface area (TPSA) is 61.6 Å². The fraction of sp³-hybridized carbons (Fsp3) is 0.235. The van der Waals surface area contributed by atoms with Crippen LogP contribution in [-0.4, -0.2) is 38.5 Å². The molecule has 0 fully saturated rings. The molecule has 1 aromatic carbocycles. The highest BCUT2D eigenvalue weighted by Gasteiger charge is 2.29. The summed E-state index contributed by atoms with van der Waals surface area (Å²) in [5, 5.41) is 10.6. The molecule has 0 spiro atoms. The number of aliphatic hydroxyl groups is 1. The van der Waals surface area contributed by atoms with Gasteiger partial charge in [-0.2, -0.15) is 0 Å². The van der Waals surface area contributed by atoms with Crippen molar-refractivity contribution in [2.75, 3.05) is 6.61 Å². The van der Waals surface area contributed by atoms with Crippen molar-refractivity contribution in [2.45, 2.75) is 19.0 Å². The predicted octanol–water partition coefficient (Wildman–Crippen LogP) is 3.48. The number of aromatic nitrogens is 2. The third-order valence-corrected chi connectivity index (χ3v) is 4.29. The molecular formula is C17H16Cl2N4O. The Hall–Kier alpha value is -1.95. The highest BCUT2D eigenvalue weighted by atomic mass is 35.5. The standard InChI is InChI=1S/C17H16Cl2N4O/c1-11(10-24)23-15(12-2-4-14(18)5-3-12)6-7-20-16(23)13-8-21-17(19)22-9-13/h2-9,11,15,24H,10H2,1H3/t11-,15?/m0/s1. The summed E-state index contributed by atoms with van der Waals surface area (Å²) in [6, 6.07) is 7.41. The van der Waals surface area contributed by atoms with Crippen molar-refractivity contribution in [2.24, 2.45) is 4.99 Å². The Labute approximate surface area is 150 Å². The Morgan fingerprint density at radius 1 is 1.17 bits per heavy atom. The van der Waals surface area contributed by atoms with Gasteiger partial charge in [-0.15, -0.1) is 0 Å². The molecule has 0 aliphatic carbocycles. The first-order chi connectivity index (χ1) is 11.6. The van der Waals surface area contributed by atoms with Gasteiger partial charge in [0.15, 0.2) is 0 Å². The van der Waals surface area contributed by atoms with Crippen LogP contribution in [0.4, 0.5) is 0 Å². The maximum atomic E-state index is 9.71. The first-order valence-corrected chi connectivity index (χ1v) is 8.23. The van der Waals surface area contributed by atoms with Crippen LogP contribution in [0.2, 0.25) is 10.3 Å². The molecule has 124 valence electrons. The molecule has 0 radical (unpaired) electrons. The third-order valence-electron chi connectivity index (χ3n) is 3.84. The van der Waals surface area contributed by atoms with E-state index in [9.17, 15) is 5.11 Å². The average Bonchev–Trinajstić information content (AvgIpc) is 2.62. The number of halogens is 2. The number of hydrogen-bond donors (Lipinski definition) is 1. The van der Waals surface area contributed by atoms with E-state index in [0.29, 0.717) is 10.9 Å². The van der Waals surface area contributed by atoms with Gasteiger partial charge in [-0.1, -0.05) is 23.7 Å². The molecular weight excluding hydrogens is 347 g/mol. The molecule has 0 saturated heterocycles. The molecule has 1 N–H and O–H groups in total. The van der Waals surface area contributed by atoms with Crippen molar-refractivity contribution in [3.63, 3.8) is 0 Å². The zero-order chi connectivity index (χ0) is 17.1. The van der Waals surface area contributed by atoms with Gasteiger partial charge in [0, 0.05) is 23.6 Å². The van der Waals surface area contributed by atoms with Crippen LogP contribution in [0.5, 0.6) is 0 Å². The summed E-state index contributed by atoms with van der Waals surface area (Å²) in [5.74, 6) is 0.690. The average molecular weight is 363 g/mol. The summed E-state index contributed by atoms with van der Waals surface area (Å²) < 4.78 is 0. The molecule has 1 aliphatic heterocycles. The Kier molecular flexibility index (Phi) is 5.14. The molecule has 3 rings (SSSR count). The highest BCUT2D eigenvalue weighted by molar-refractivity contribution is 6.30. The Balaban J connectivity index is 2.02. The van der Waals surface area contributed by atoms with Gasteiger partial charge in [0.05, 0.1) is 24.3 Å². The third kappa shape index (κ3) is 3.43. The quantitative estimate of drug-likeness (QED) is 0.845. The summed E-state index contributed by atoms with van der Waals surface area (Å²) in [6.07, 6.45) is 6.99. The molecule has 2 aromatic rings. The second-order valence-electron chi connectivity index (χ2n) is 5.47. The van der Waals surface area contributed by atoms with E-state index in [-0.39, 0.29) is 24.0 Å². The molecule has 24 heavy (non-hydrogen) atoms. The summed E-state index contributed by atoms with van der Waals surface area (Å²) in [7, 11) is 0. The van der Waals surface area contributed by atoms with Crippen LogP contribution in [0.1, 0.15) is 24.1 Å². The van der Waals surface area contributed by atoms with Gasteiger partial charge in [0.25, 0.3) is 0 Å². The summed E-state index contributed by atoms with van der Waals surface area (Å²) in [5.41, 5.74) is 1.79. The number of aliphatic hydroxyl groups excluding tert-OH is 1. The summed E-state index contributed by atoms with van der Waals surface area (Å²) in [4.78, 5) is 14.6. The van der Waals surface area contributed by atoms with E-state index in [0.717, 1.165) is 11.1 Å². The highest BCUT2D eigenvalue weighted by Crippen LogP contribution is 2.30. The maximum Gasteiger partial charge on any atom is 0.222 e. The number of aliphatic imine (C=N–C) groups is 1. The largest absolute Gasteiger partial charge is 0.394 e. The maximum absolute atomic E-state index is 9.71. The Morgan fingerprint density at radius 3 is 2.46 bits per heavy atom. The van der Waals surface area contributed by atoms with Gasteiger partial charge in [0.2, 0.25) is 5.28 Å². The van der Waals surface area contributed by atoms with Crippen molar-refractivity contribution in [1.29, 1.82) is 0 Å². The van der Waals surface area contributed by atoms with Crippen LogP contribution in [0, 0.1) is 0 Å². The monoisotopic (exact) mass is 362 g/mol. The van der Waals surface area contributed by atoms with Crippen molar-refractivity contribution in [3.05, 3.63) is 70.4 Å². The lowest BCUT2D eigenvalue weighted by atomic mass is 10.0. The van der Waals surface area contributed by atoms with E-state index in [1.54, 1.807) is 18.6 Å². The van der Waals surface area contributed by atoms with Crippen LogP contribution >= 0.6 is 23.2 Å². The first kappa shape index (κ1) is 16.9. The van der Waals surface area contributed by atoms with Crippen LogP contribution < -0.4 is 0 Å². The van der Waals surface area contributed by atoms with E-state index >= 15 is 0 Å². The van der Waals surface area contributed by atoms with Crippen molar-refractivity contribution in [3.8, 4) is 0 Å². The van der Waals surface area contributed by atoms with E-state index in [2.05, 4.69) is 15.0 Å². The zero-order valence-electron chi connectivity index (χ0n) is 13.0. The van der Waals surface area contributed by atoms with Crippen LogP contribution in [0.3, 0.4) is 0 Å². The minimum Gasteiger partial charge on any atom is -0.394 e. The molecule has 1 unspecified atom stereocenters. The minimum atomic E-state index is -0.148. The van der Waals surface area contributed by atoms with Gasteiger partial charge in [-0.05, 0) is 42.3 Å². The van der Waals surface area contributed by atoms with E-state index in [1.165, 1.54) is 0 Å². The lowest BCUT2D eigenvalue weighted by Gasteiger charge is -2.38. The van der Waals surface area contributed by atoms with Crippen molar-refractivity contribution < 1.29 is 5.11 Å². The molecule has 7 heteroatoms. The number of hydrogen-bond acceptors (Lipinski definition) is 5. The van der Waals surface area contributed by atoms with Gasteiger partial charge in [-0.25, -0.2) is 15.0 Å². The Bertz CT molecular complexity index is 759. The van der Waals surface area contributed by atoms with Crippen LogP contribution in [0.15, 0.2) is 53.9 Å². The number of benzene rings is 1. The second-order valence-corrected chi connectivity index (χ2v) is 6.24. The van der Waals surface area contributed by atoms with Crippen LogP contribution in [-0.2, 0) is 0 Å². The molecule has 2 heterocycles.